The molecule has 0 bridgehead atoms. The van der Waals surface area contributed by atoms with Gasteiger partial charge in [0.15, 0.2) is 9.95 Å². The Balaban J connectivity index is -0.000000101. The minimum atomic E-state index is -0.663. The molecule has 2 radical (unpaired) electrons. The van der Waals surface area contributed by atoms with Crippen molar-refractivity contribution in [2.45, 2.75) is 0 Å². The van der Waals surface area contributed by atoms with Crippen LogP contribution in [0.15, 0.2) is 24.3 Å². The number of diazo groups is 2. The van der Waals surface area contributed by atoms with E-state index in [1.807, 2.05) is 0 Å². The van der Waals surface area contributed by atoms with Crippen LogP contribution in [-0.2, 0) is 0 Å². The molecule has 0 spiro atoms. The summed E-state index contributed by atoms with van der Waals surface area (Å²) in [6, 6.07) is 4.25. The fraction of sp³-hybridized carbons (Fsp3) is 0. The van der Waals surface area contributed by atoms with Gasteiger partial charge in [0.1, 0.15) is 21.7 Å². The third kappa shape index (κ3) is 11.8. The molecule has 2 aromatic rings. The molecule has 0 atom stereocenters. The van der Waals surface area contributed by atoms with Crippen molar-refractivity contribution in [1.82, 2.24) is 0 Å². The molecule has 0 fully saturated rings. The summed E-state index contributed by atoms with van der Waals surface area (Å²) in [5.74, 6) is -1.33. The van der Waals surface area contributed by atoms with Crippen molar-refractivity contribution in [3.63, 3.8) is 0 Å². The van der Waals surface area contributed by atoms with Gasteiger partial charge in [0.2, 0.25) is 10.8 Å². The average Bonchev–Trinajstić information content (AvgIpc) is 2.47. The predicted octanol–water partition coefficient (Wildman–Crippen LogP) is -5.67. The molecule has 4 nitrogen and oxygen atoms in total. The Kier molecular flexibility index (Phi) is 25.7. The molecule has 0 saturated heterocycles. The number of hydrogen-bond acceptors (Lipinski definition) is 2. The van der Waals surface area contributed by atoms with Gasteiger partial charge >= 0.3 is 35.3 Å². The van der Waals surface area contributed by atoms with Crippen LogP contribution < -0.4 is 49.6 Å². The standard InChI is InChI=1S/2C6H2Cl2FN2.4ClH.Sn.2H/c2*7-3-1-4(8)6(11-10)2-5(3)9;;;;;;;/h2*1-2H;4*1H;;;/q2*+1;;;;;;;/p-4. The van der Waals surface area contributed by atoms with Gasteiger partial charge in [0.25, 0.3) is 0 Å². The SMILES string of the molecule is N#[N+]c1cc(F)c(Cl)cc1Cl.N#[N+]c1cc(F)c(Cl)cc1Cl.[Cl-].[Cl-].[Cl-].[Cl-].[SnH2]. The molecule has 150 valence electrons. The Morgan fingerprint density at radius 2 is 0.852 bits per heavy atom. The predicted molar refractivity (Wildman–Crippen MR) is 90.9 cm³/mol. The number of halogens is 10. The van der Waals surface area contributed by atoms with Crippen molar-refractivity contribution in [1.29, 1.82) is 10.8 Å². The van der Waals surface area contributed by atoms with E-state index in [1.54, 1.807) is 0 Å². The van der Waals surface area contributed by atoms with E-state index >= 15 is 0 Å². The van der Waals surface area contributed by atoms with Crippen molar-refractivity contribution in [2.75, 3.05) is 0 Å². The van der Waals surface area contributed by atoms with Crippen molar-refractivity contribution < 1.29 is 58.4 Å². The first-order valence-corrected chi connectivity index (χ1v) is 6.80. The van der Waals surface area contributed by atoms with E-state index in [1.165, 1.54) is 12.1 Å². The molecule has 2 aromatic carbocycles. The van der Waals surface area contributed by atoms with Gasteiger partial charge in [0, 0.05) is 0 Å². The summed E-state index contributed by atoms with van der Waals surface area (Å²) in [4.78, 5) is 5.48. The zero-order valence-corrected chi connectivity index (χ0v) is 22.7. The molecule has 0 aliphatic carbocycles. The summed E-state index contributed by atoms with van der Waals surface area (Å²) in [7, 11) is 0. The minimum absolute atomic E-state index is 0. The van der Waals surface area contributed by atoms with Crippen LogP contribution in [0.1, 0.15) is 0 Å². The van der Waals surface area contributed by atoms with Gasteiger partial charge < -0.3 is 49.6 Å². The Labute approximate surface area is 215 Å². The zero-order valence-electron chi connectivity index (χ0n) is 12.6. The van der Waals surface area contributed by atoms with E-state index in [2.05, 4.69) is 9.95 Å². The van der Waals surface area contributed by atoms with E-state index in [0.29, 0.717) is 0 Å². The molecule has 0 aliphatic heterocycles. The second-order valence-corrected chi connectivity index (χ2v) is 5.26. The number of rotatable bonds is 0. The fourth-order valence-electron chi connectivity index (χ4n) is 1.18. The number of hydrogen-bond donors (Lipinski definition) is 0. The van der Waals surface area contributed by atoms with Gasteiger partial charge in [-0.2, -0.15) is 0 Å². The van der Waals surface area contributed by atoms with Gasteiger partial charge in [-0.1, -0.05) is 46.4 Å². The summed E-state index contributed by atoms with van der Waals surface area (Å²) in [5, 5.41) is 16.6. The molecule has 0 aliphatic rings. The Bertz CT molecular complexity index is 746. The number of nitrogens with zero attached hydrogens (tertiary/aromatic N) is 4. The summed E-state index contributed by atoms with van der Waals surface area (Å²) in [6.45, 7) is 0. The summed E-state index contributed by atoms with van der Waals surface area (Å²) in [5.41, 5.74) is -0.0675. The first-order chi connectivity index (χ1) is 10.3. The molecule has 0 unspecified atom stereocenters. The van der Waals surface area contributed by atoms with Crippen LogP contribution in [0.2, 0.25) is 20.1 Å². The molecule has 2 rings (SSSR count). The van der Waals surface area contributed by atoms with Crippen LogP contribution >= 0.6 is 46.4 Å². The summed E-state index contributed by atoms with van der Waals surface area (Å²) in [6.07, 6.45) is 0. The molecule has 27 heavy (non-hydrogen) atoms. The maximum absolute atomic E-state index is 12.6. The monoisotopic (exact) mass is 644 g/mol. The first-order valence-electron chi connectivity index (χ1n) is 5.29. The molecule has 0 N–H and O–H groups in total. The van der Waals surface area contributed by atoms with E-state index < -0.39 is 11.6 Å². The van der Waals surface area contributed by atoms with Crippen molar-refractivity contribution in [3.8, 4) is 0 Å². The second-order valence-electron chi connectivity index (χ2n) is 3.64. The molecule has 0 saturated carbocycles. The number of benzene rings is 2. The van der Waals surface area contributed by atoms with E-state index in [9.17, 15) is 8.78 Å². The fourth-order valence-corrected chi connectivity index (χ4v) is 2.02. The average molecular weight is 647 g/mol. The normalized spacial score (nSPS) is 7.56. The first kappa shape index (κ1) is 37.9. The van der Waals surface area contributed by atoms with Gasteiger partial charge in [-0.25, -0.2) is 8.78 Å². The van der Waals surface area contributed by atoms with E-state index in [4.69, 9.17) is 57.2 Å². The Morgan fingerprint density at radius 3 is 1.07 bits per heavy atom. The Hall–Kier alpha value is 0.259. The molecular weight excluding hydrogens is 640 g/mol. The molecule has 0 heterocycles. The summed E-state index contributed by atoms with van der Waals surface area (Å²) >= 11 is 21.7. The quantitative estimate of drug-likeness (QED) is 0.163. The summed E-state index contributed by atoms with van der Waals surface area (Å²) < 4.78 is 25.2. The Morgan fingerprint density at radius 1 is 0.593 bits per heavy atom. The van der Waals surface area contributed by atoms with Crippen LogP contribution in [0.5, 0.6) is 0 Å². The van der Waals surface area contributed by atoms with Crippen molar-refractivity contribution in [2.24, 2.45) is 0 Å². The van der Waals surface area contributed by atoms with Gasteiger partial charge in [-0.15, -0.1) is 0 Å². The van der Waals surface area contributed by atoms with Gasteiger partial charge in [-0.3, -0.25) is 0 Å². The topological polar surface area (TPSA) is 56.3 Å². The van der Waals surface area contributed by atoms with Crippen LogP contribution in [0, 0.1) is 22.4 Å². The van der Waals surface area contributed by atoms with Crippen LogP contribution in [-0.4, -0.2) is 23.9 Å². The third-order valence-corrected chi connectivity index (χ3v) is 3.38. The second kappa shape index (κ2) is 18.3. The van der Waals surface area contributed by atoms with Crippen LogP contribution in [0.3, 0.4) is 0 Å². The zero-order chi connectivity index (χ0) is 16.9. The molecule has 0 amide bonds. The molecule has 15 heteroatoms. The molecule has 0 aromatic heterocycles. The van der Waals surface area contributed by atoms with Crippen molar-refractivity contribution in [3.05, 3.63) is 65.9 Å². The van der Waals surface area contributed by atoms with E-state index in [-0.39, 0.29) is 105 Å². The maximum atomic E-state index is 12.6. The third-order valence-electron chi connectivity index (χ3n) is 2.19. The van der Waals surface area contributed by atoms with Crippen molar-refractivity contribution >= 4 is 81.7 Å². The van der Waals surface area contributed by atoms with Crippen LogP contribution in [0.4, 0.5) is 20.2 Å². The van der Waals surface area contributed by atoms with Crippen LogP contribution in [0.25, 0.3) is 9.95 Å². The van der Waals surface area contributed by atoms with E-state index in [0.717, 1.165) is 12.1 Å². The van der Waals surface area contributed by atoms with Gasteiger partial charge in [0.05, 0.1) is 22.2 Å². The van der Waals surface area contributed by atoms with Gasteiger partial charge in [-0.05, 0) is 12.1 Å². The molecular formula is C12H6Cl8F2N4Sn-2.